The van der Waals surface area contributed by atoms with Gasteiger partial charge in [-0.1, -0.05) is 29.8 Å². The molecule has 3 aromatic rings. The largest absolute Gasteiger partial charge is 0.310 e. The monoisotopic (exact) mass is 323 g/mol. The van der Waals surface area contributed by atoms with Crippen molar-refractivity contribution in [1.82, 2.24) is 9.97 Å². The van der Waals surface area contributed by atoms with E-state index in [0.717, 1.165) is 21.8 Å². The molecule has 5 heteroatoms. The van der Waals surface area contributed by atoms with Crippen LogP contribution in [-0.2, 0) is 11.2 Å². The van der Waals surface area contributed by atoms with Gasteiger partial charge in [-0.2, -0.15) is 0 Å². The molecule has 0 saturated heterocycles. The topological polar surface area (TPSA) is 54.9 Å². The SMILES string of the molecule is Cc1cccc(-c2nc(CC(=O)Nc3ncccc3C)cs2)c1. The number of aryl methyl sites for hydroxylation is 2. The third-order valence-electron chi connectivity index (χ3n) is 3.43. The number of amides is 1. The number of rotatable bonds is 4. The molecule has 1 N–H and O–H groups in total. The van der Waals surface area contributed by atoms with Gasteiger partial charge in [-0.15, -0.1) is 11.3 Å². The van der Waals surface area contributed by atoms with Crippen molar-refractivity contribution in [1.29, 1.82) is 0 Å². The van der Waals surface area contributed by atoms with Crippen molar-refractivity contribution >= 4 is 23.1 Å². The van der Waals surface area contributed by atoms with Crippen molar-refractivity contribution in [3.63, 3.8) is 0 Å². The van der Waals surface area contributed by atoms with Gasteiger partial charge in [0.1, 0.15) is 10.8 Å². The number of pyridine rings is 1. The van der Waals surface area contributed by atoms with Crippen molar-refractivity contribution in [3.05, 3.63) is 64.8 Å². The lowest BCUT2D eigenvalue weighted by Crippen LogP contribution is -2.16. The van der Waals surface area contributed by atoms with Crippen LogP contribution >= 0.6 is 11.3 Å². The molecule has 0 atom stereocenters. The van der Waals surface area contributed by atoms with Gasteiger partial charge in [0, 0.05) is 17.1 Å². The van der Waals surface area contributed by atoms with Crippen molar-refractivity contribution in [2.24, 2.45) is 0 Å². The first-order valence-electron chi connectivity index (χ1n) is 7.35. The molecule has 0 radical (unpaired) electrons. The zero-order valence-corrected chi connectivity index (χ0v) is 13.9. The average molecular weight is 323 g/mol. The first-order valence-corrected chi connectivity index (χ1v) is 8.23. The highest BCUT2D eigenvalue weighted by atomic mass is 32.1. The summed E-state index contributed by atoms with van der Waals surface area (Å²) in [5, 5.41) is 5.70. The number of thiazole rings is 1. The maximum absolute atomic E-state index is 12.1. The summed E-state index contributed by atoms with van der Waals surface area (Å²) < 4.78 is 0. The highest BCUT2D eigenvalue weighted by Crippen LogP contribution is 2.24. The van der Waals surface area contributed by atoms with E-state index in [1.807, 2.05) is 36.6 Å². The van der Waals surface area contributed by atoms with Gasteiger partial charge >= 0.3 is 0 Å². The van der Waals surface area contributed by atoms with E-state index in [4.69, 9.17) is 0 Å². The highest BCUT2D eigenvalue weighted by Gasteiger charge is 2.10. The molecule has 4 nitrogen and oxygen atoms in total. The van der Waals surface area contributed by atoms with Crippen LogP contribution in [0.15, 0.2) is 48.0 Å². The first-order chi connectivity index (χ1) is 11.1. The molecule has 1 amide bonds. The minimum Gasteiger partial charge on any atom is -0.310 e. The maximum atomic E-state index is 12.1. The molecule has 23 heavy (non-hydrogen) atoms. The van der Waals surface area contributed by atoms with Crippen LogP contribution in [0.1, 0.15) is 16.8 Å². The van der Waals surface area contributed by atoms with E-state index in [-0.39, 0.29) is 12.3 Å². The second-order valence-electron chi connectivity index (χ2n) is 5.41. The van der Waals surface area contributed by atoms with E-state index < -0.39 is 0 Å². The molecule has 0 unspecified atom stereocenters. The standard InChI is InChI=1S/C18H17N3OS/c1-12-5-3-7-14(9-12)18-20-15(11-23-18)10-16(22)21-17-13(2)6-4-8-19-17/h3-9,11H,10H2,1-2H3,(H,19,21,22). The van der Waals surface area contributed by atoms with Crippen LogP contribution in [0.5, 0.6) is 0 Å². The van der Waals surface area contributed by atoms with Crippen LogP contribution in [0, 0.1) is 13.8 Å². The van der Waals surface area contributed by atoms with Gasteiger partial charge in [0.2, 0.25) is 5.91 Å². The van der Waals surface area contributed by atoms with Gasteiger partial charge < -0.3 is 5.32 Å². The number of carbonyl (C=O) groups excluding carboxylic acids is 1. The number of aromatic nitrogens is 2. The Balaban J connectivity index is 1.69. The zero-order chi connectivity index (χ0) is 16.2. The number of benzene rings is 1. The summed E-state index contributed by atoms with van der Waals surface area (Å²) in [4.78, 5) is 20.9. The Bertz CT molecular complexity index is 842. The Morgan fingerprint density at radius 2 is 2.09 bits per heavy atom. The molecule has 0 spiro atoms. The van der Waals surface area contributed by atoms with Crippen molar-refractivity contribution in [2.75, 3.05) is 5.32 Å². The normalized spacial score (nSPS) is 10.5. The number of hydrogen-bond acceptors (Lipinski definition) is 4. The van der Waals surface area contributed by atoms with Crippen LogP contribution in [0.2, 0.25) is 0 Å². The summed E-state index contributed by atoms with van der Waals surface area (Å²) in [7, 11) is 0. The summed E-state index contributed by atoms with van der Waals surface area (Å²) in [6, 6.07) is 12.0. The molecule has 116 valence electrons. The molecule has 3 rings (SSSR count). The maximum Gasteiger partial charge on any atom is 0.231 e. The van der Waals surface area contributed by atoms with Gasteiger partial charge in [0.25, 0.3) is 0 Å². The molecular formula is C18H17N3OS. The third kappa shape index (κ3) is 3.81. The minimum absolute atomic E-state index is 0.104. The quantitative estimate of drug-likeness (QED) is 0.789. The number of carbonyl (C=O) groups is 1. The molecule has 0 aliphatic heterocycles. The molecular weight excluding hydrogens is 306 g/mol. The fraction of sp³-hybridized carbons (Fsp3) is 0.167. The summed E-state index contributed by atoms with van der Waals surface area (Å²) in [5.41, 5.74) is 4.00. The van der Waals surface area contributed by atoms with Gasteiger partial charge in [-0.05, 0) is 31.5 Å². The number of hydrogen-bond donors (Lipinski definition) is 1. The van der Waals surface area contributed by atoms with Crippen LogP contribution in [0.4, 0.5) is 5.82 Å². The lowest BCUT2D eigenvalue weighted by molar-refractivity contribution is -0.115. The van der Waals surface area contributed by atoms with Gasteiger partial charge in [0.15, 0.2) is 0 Å². The van der Waals surface area contributed by atoms with E-state index in [9.17, 15) is 4.79 Å². The lowest BCUT2D eigenvalue weighted by Gasteiger charge is -2.05. The Labute approximate surface area is 139 Å². The molecule has 0 aliphatic rings. The summed E-state index contributed by atoms with van der Waals surface area (Å²) in [6.45, 7) is 3.97. The van der Waals surface area contributed by atoms with E-state index in [1.165, 1.54) is 5.56 Å². The van der Waals surface area contributed by atoms with E-state index >= 15 is 0 Å². The number of nitrogens with one attached hydrogen (secondary N) is 1. The van der Waals surface area contributed by atoms with E-state index in [2.05, 4.69) is 34.3 Å². The van der Waals surface area contributed by atoms with Crippen molar-refractivity contribution < 1.29 is 4.79 Å². The minimum atomic E-state index is -0.104. The average Bonchev–Trinajstić information content (AvgIpc) is 2.98. The van der Waals surface area contributed by atoms with E-state index in [1.54, 1.807) is 17.5 Å². The van der Waals surface area contributed by atoms with Crippen LogP contribution < -0.4 is 5.32 Å². The highest BCUT2D eigenvalue weighted by molar-refractivity contribution is 7.13. The van der Waals surface area contributed by atoms with Crippen molar-refractivity contribution in [3.8, 4) is 10.6 Å². The summed E-state index contributed by atoms with van der Waals surface area (Å²) in [6.07, 6.45) is 1.92. The van der Waals surface area contributed by atoms with Gasteiger partial charge in [-0.25, -0.2) is 9.97 Å². The van der Waals surface area contributed by atoms with Crippen molar-refractivity contribution in [2.45, 2.75) is 20.3 Å². The second-order valence-corrected chi connectivity index (χ2v) is 6.27. The lowest BCUT2D eigenvalue weighted by atomic mass is 10.1. The number of nitrogens with zero attached hydrogens (tertiary/aromatic N) is 2. The summed E-state index contributed by atoms with van der Waals surface area (Å²) >= 11 is 1.56. The fourth-order valence-electron chi connectivity index (χ4n) is 2.26. The summed E-state index contributed by atoms with van der Waals surface area (Å²) in [5.74, 6) is 0.500. The molecule has 0 fully saturated rings. The third-order valence-corrected chi connectivity index (χ3v) is 4.37. The molecule has 1 aromatic carbocycles. The molecule has 2 heterocycles. The molecule has 0 bridgehead atoms. The first kappa shape index (κ1) is 15.4. The molecule has 0 saturated carbocycles. The van der Waals surface area contributed by atoms with Crippen LogP contribution in [-0.4, -0.2) is 15.9 Å². The predicted octanol–water partition coefficient (Wildman–Crippen LogP) is 4.00. The van der Waals surface area contributed by atoms with Crippen LogP contribution in [0.25, 0.3) is 10.6 Å². The Hall–Kier alpha value is -2.53. The Kier molecular flexibility index (Phi) is 4.48. The van der Waals surface area contributed by atoms with Gasteiger partial charge in [-0.3, -0.25) is 4.79 Å². The smallest absolute Gasteiger partial charge is 0.231 e. The fourth-order valence-corrected chi connectivity index (χ4v) is 3.07. The molecule has 0 aliphatic carbocycles. The Morgan fingerprint density at radius 3 is 2.87 bits per heavy atom. The second kappa shape index (κ2) is 6.71. The Morgan fingerprint density at radius 1 is 1.22 bits per heavy atom. The molecule has 2 aromatic heterocycles. The van der Waals surface area contributed by atoms with Gasteiger partial charge in [0.05, 0.1) is 12.1 Å². The zero-order valence-electron chi connectivity index (χ0n) is 13.0. The number of anilines is 1. The van der Waals surface area contributed by atoms with E-state index in [0.29, 0.717) is 5.82 Å². The predicted molar refractivity (Wildman–Crippen MR) is 93.6 cm³/mol. The van der Waals surface area contributed by atoms with Crippen LogP contribution in [0.3, 0.4) is 0 Å².